The van der Waals surface area contributed by atoms with Crippen LogP contribution in [-0.4, -0.2) is 31.1 Å². The Bertz CT molecular complexity index is 500. The van der Waals surface area contributed by atoms with Gasteiger partial charge in [0.15, 0.2) is 0 Å². The maximum absolute atomic E-state index is 10.7. The average Bonchev–Trinajstić information content (AvgIpc) is 2.16. The predicted molar refractivity (Wildman–Crippen MR) is 70.6 cm³/mol. The molecule has 96 valence electrons. The second-order valence-electron chi connectivity index (χ2n) is 4.97. The second-order valence-corrected chi connectivity index (χ2v) is 5.79. The van der Waals surface area contributed by atoms with Crippen molar-refractivity contribution in [1.29, 1.82) is 0 Å². The quantitative estimate of drug-likeness (QED) is 0.670. The van der Waals surface area contributed by atoms with Gasteiger partial charge in [-0.25, -0.2) is 0 Å². The smallest absolute Gasteiger partial charge is 0.272 e. The van der Waals surface area contributed by atoms with Crippen molar-refractivity contribution in [2.24, 2.45) is 5.41 Å². The molecule has 0 unspecified atom stereocenters. The van der Waals surface area contributed by atoms with Crippen LogP contribution in [0.2, 0.25) is 10.0 Å². The van der Waals surface area contributed by atoms with Crippen LogP contribution in [0.1, 0.15) is 0 Å². The van der Waals surface area contributed by atoms with E-state index < -0.39 is 4.92 Å². The highest BCUT2D eigenvalue weighted by molar-refractivity contribution is 6.39. The molecule has 2 fully saturated rings. The zero-order chi connectivity index (χ0) is 12.9. The van der Waals surface area contributed by atoms with Crippen molar-refractivity contribution in [2.75, 3.05) is 31.1 Å². The molecule has 2 saturated heterocycles. The molecule has 1 N–H and O–H groups in total. The second kappa shape index (κ2) is 3.98. The van der Waals surface area contributed by atoms with Crippen LogP contribution in [0.25, 0.3) is 0 Å². The van der Waals surface area contributed by atoms with E-state index in [9.17, 15) is 10.1 Å². The van der Waals surface area contributed by atoms with Gasteiger partial charge in [-0.1, -0.05) is 23.2 Å². The third-order valence-electron chi connectivity index (χ3n) is 3.58. The van der Waals surface area contributed by atoms with Crippen molar-refractivity contribution in [2.45, 2.75) is 0 Å². The first-order valence-electron chi connectivity index (χ1n) is 5.60. The zero-order valence-corrected chi connectivity index (χ0v) is 11.0. The van der Waals surface area contributed by atoms with Crippen LogP contribution in [0.5, 0.6) is 0 Å². The standard InChI is InChI=1S/C11H11Cl2N3O2/c12-8-1-7(16(17)18)2-9(13)10(8)15-5-11(6-15)3-14-4-11/h1-2,14H,3-6H2. The lowest BCUT2D eigenvalue weighted by atomic mass is 9.74. The van der Waals surface area contributed by atoms with Gasteiger partial charge in [0.1, 0.15) is 0 Å². The Labute approximate surface area is 114 Å². The molecule has 0 radical (unpaired) electrons. The van der Waals surface area contributed by atoms with Crippen molar-refractivity contribution < 1.29 is 4.92 Å². The molecule has 2 heterocycles. The third-order valence-corrected chi connectivity index (χ3v) is 4.16. The Morgan fingerprint density at radius 3 is 2.22 bits per heavy atom. The van der Waals surface area contributed by atoms with Gasteiger partial charge in [-0.2, -0.15) is 0 Å². The summed E-state index contributed by atoms with van der Waals surface area (Å²) >= 11 is 12.2. The molecule has 18 heavy (non-hydrogen) atoms. The fraction of sp³-hybridized carbons (Fsp3) is 0.455. The SMILES string of the molecule is O=[N+]([O-])c1cc(Cl)c(N2CC3(CNC3)C2)c(Cl)c1. The number of benzene rings is 1. The lowest BCUT2D eigenvalue weighted by Crippen LogP contribution is -2.71. The molecular weight excluding hydrogens is 277 g/mol. The number of hydrogen-bond acceptors (Lipinski definition) is 4. The average molecular weight is 288 g/mol. The van der Waals surface area contributed by atoms with Crippen molar-refractivity contribution in [3.8, 4) is 0 Å². The summed E-state index contributed by atoms with van der Waals surface area (Å²) in [4.78, 5) is 12.3. The molecule has 0 atom stereocenters. The minimum Gasteiger partial charge on any atom is -0.368 e. The molecular formula is C11H11Cl2N3O2. The van der Waals surface area contributed by atoms with Gasteiger partial charge >= 0.3 is 0 Å². The summed E-state index contributed by atoms with van der Waals surface area (Å²) in [5, 5.41) is 14.6. The third kappa shape index (κ3) is 1.74. The fourth-order valence-electron chi connectivity index (χ4n) is 2.58. The fourth-order valence-corrected chi connectivity index (χ4v) is 3.30. The number of anilines is 1. The van der Waals surface area contributed by atoms with Crippen LogP contribution in [0.4, 0.5) is 11.4 Å². The van der Waals surface area contributed by atoms with E-state index in [1.165, 1.54) is 12.1 Å². The highest BCUT2D eigenvalue weighted by Crippen LogP contribution is 2.44. The summed E-state index contributed by atoms with van der Waals surface area (Å²) in [7, 11) is 0. The van der Waals surface area contributed by atoms with Gasteiger partial charge in [-0.05, 0) is 0 Å². The first-order valence-corrected chi connectivity index (χ1v) is 6.35. The highest BCUT2D eigenvalue weighted by Gasteiger charge is 2.48. The van der Waals surface area contributed by atoms with E-state index in [1.54, 1.807) is 0 Å². The van der Waals surface area contributed by atoms with Gasteiger partial charge in [-0.3, -0.25) is 10.1 Å². The first-order chi connectivity index (χ1) is 8.51. The normalized spacial score (nSPS) is 20.4. The highest BCUT2D eigenvalue weighted by atomic mass is 35.5. The van der Waals surface area contributed by atoms with Gasteiger partial charge < -0.3 is 10.2 Å². The Morgan fingerprint density at radius 2 is 1.83 bits per heavy atom. The topological polar surface area (TPSA) is 58.4 Å². The van der Waals surface area contributed by atoms with Gasteiger partial charge in [0.25, 0.3) is 5.69 Å². The Morgan fingerprint density at radius 1 is 1.28 bits per heavy atom. The van der Waals surface area contributed by atoms with Crippen LogP contribution >= 0.6 is 23.2 Å². The maximum atomic E-state index is 10.7. The molecule has 1 spiro atoms. The summed E-state index contributed by atoms with van der Waals surface area (Å²) < 4.78 is 0. The number of nitrogens with one attached hydrogen (secondary N) is 1. The molecule has 1 aromatic carbocycles. The minimum atomic E-state index is -0.491. The van der Waals surface area contributed by atoms with E-state index in [2.05, 4.69) is 10.2 Å². The first kappa shape index (κ1) is 12.0. The van der Waals surface area contributed by atoms with E-state index in [-0.39, 0.29) is 5.69 Å². The molecule has 2 aliphatic rings. The molecule has 7 heteroatoms. The van der Waals surface area contributed by atoms with Gasteiger partial charge in [0.2, 0.25) is 0 Å². The summed E-state index contributed by atoms with van der Waals surface area (Å²) in [6, 6.07) is 2.71. The molecule has 0 aliphatic carbocycles. The number of hydrogen-bond donors (Lipinski definition) is 1. The van der Waals surface area contributed by atoms with E-state index in [0.717, 1.165) is 26.2 Å². The largest absolute Gasteiger partial charge is 0.368 e. The van der Waals surface area contributed by atoms with E-state index in [1.807, 2.05) is 0 Å². The van der Waals surface area contributed by atoms with Gasteiger partial charge in [0, 0.05) is 43.7 Å². The number of nitro benzene ring substituents is 1. The number of halogens is 2. The summed E-state index contributed by atoms with van der Waals surface area (Å²) in [5.41, 5.74) is 0.991. The van der Waals surface area contributed by atoms with E-state index in [4.69, 9.17) is 23.2 Å². The van der Waals surface area contributed by atoms with E-state index in [0.29, 0.717) is 21.1 Å². The van der Waals surface area contributed by atoms with E-state index >= 15 is 0 Å². The Balaban J connectivity index is 1.87. The van der Waals surface area contributed by atoms with Crippen LogP contribution in [0.15, 0.2) is 12.1 Å². The molecule has 0 saturated carbocycles. The molecule has 2 aliphatic heterocycles. The molecule has 3 rings (SSSR count). The Hall–Kier alpha value is -1.04. The van der Waals surface area contributed by atoms with Gasteiger partial charge in [0.05, 0.1) is 20.7 Å². The van der Waals surface area contributed by atoms with Crippen molar-refractivity contribution in [3.05, 3.63) is 32.3 Å². The molecule has 0 aromatic heterocycles. The van der Waals surface area contributed by atoms with Crippen molar-refractivity contribution >= 4 is 34.6 Å². The minimum absolute atomic E-state index is 0.0747. The number of nitro groups is 1. The van der Waals surface area contributed by atoms with Crippen LogP contribution < -0.4 is 10.2 Å². The lowest BCUT2D eigenvalue weighted by molar-refractivity contribution is -0.384. The zero-order valence-electron chi connectivity index (χ0n) is 9.45. The van der Waals surface area contributed by atoms with Crippen LogP contribution in [0, 0.1) is 15.5 Å². The van der Waals surface area contributed by atoms with Crippen molar-refractivity contribution in [1.82, 2.24) is 5.32 Å². The van der Waals surface area contributed by atoms with Crippen LogP contribution in [-0.2, 0) is 0 Å². The van der Waals surface area contributed by atoms with Gasteiger partial charge in [-0.15, -0.1) is 0 Å². The number of nitrogens with zero attached hydrogens (tertiary/aromatic N) is 2. The molecule has 0 amide bonds. The predicted octanol–water partition coefficient (Wildman–Crippen LogP) is 2.31. The lowest BCUT2D eigenvalue weighted by Gasteiger charge is -2.57. The maximum Gasteiger partial charge on any atom is 0.272 e. The Kier molecular flexibility index (Phi) is 2.66. The molecule has 0 bridgehead atoms. The molecule has 1 aromatic rings. The van der Waals surface area contributed by atoms with Crippen molar-refractivity contribution in [3.63, 3.8) is 0 Å². The molecule has 5 nitrogen and oxygen atoms in total. The number of non-ortho nitro benzene ring substituents is 1. The number of rotatable bonds is 2. The summed E-state index contributed by atoms with van der Waals surface area (Å²) in [6.07, 6.45) is 0. The monoisotopic (exact) mass is 287 g/mol. The summed E-state index contributed by atoms with van der Waals surface area (Å²) in [6.45, 7) is 3.84. The summed E-state index contributed by atoms with van der Waals surface area (Å²) in [5.74, 6) is 0. The van der Waals surface area contributed by atoms with Crippen LogP contribution in [0.3, 0.4) is 0 Å².